The highest BCUT2D eigenvalue weighted by molar-refractivity contribution is 5.85. The molecular weight excluding hydrogens is 235 g/mol. The lowest BCUT2D eigenvalue weighted by Crippen LogP contribution is -2.57. The van der Waals surface area contributed by atoms with Crippen LogP contribution in [0.3, 0.4) is 0 Å². The van der Waals surface area contributed by atoms with Crippen molar-refractivity contribution in [1.82, 2.24) is 9.80 Å². The van der Waals surface area contributed by atoms with Gasteiger partial charge in [-0.25, -0.2) is 0 Å². The topological polar surface area (TPSA) is 49.6 Å². The smallest absolute Gasteiger partial charge is 0.339 e. The quantitative estimate of drug-likeness (QED) is 0.776. The normalized spacial score (nSPS) is 19.5. The highest BCUT2D eigenvalue weighted by Crippen LogP contribution is 2.18. The van der Waals surface area contributed by atoms with Crippen molar-refractivity contribution in [2.75, 3.05) is 32.7 Å². The molecule has 0 aromatic rings. The minimum Gasteiger partial charge on any atom is -0.339 e. The van der Waals surface area contributed by atoms with E-state index in [0.29, 0.717) is 13.1 Å². The summed E-state index contributed by atoms with van der Waals surface area (Å²) < 4.78 is 36.4. The Kier molecular flexibility index (Phi) is 4.03. The number of carbonyl (C=O) groups excluding carboxylic acids is 1. The van der Waals surface area contributed by atoms with Crippen molar-refractivity contribution in [1.29, 1.82) is 0 Å². The van der Waals surface area contributed by atoms with Crippen LogP contribution in [0.25, 0.3) is 0 Å². The summed E-state index contributed by atoms with van der Waals surface area (Å²) in [6.45, 7) is 3.35. The van der Waals surface area contributed by atoms with Crippen molar-refractivity contribution in [3.05, 3.63) is 0 Å². The minimum atomic E-state index is -4.18. The molecule has 0 aliphatic carbocycles. The van der Waals surface area contributed by atoms with Crippen LogP contribution in [-0.2, 0) is 4.79 Å². The lowest BCUT2D eigenvalue weighted by atomic mass is 10.0. The molecule has 1 amide bonds. The van der Waals surface area contributed by atoms with Crippen LogP contribution in [0.1, 0.15) is 13.8 Å². The summed E-state index contributed by atoms with van der Waals surface area (Å²) in [5.41, 5.74) is 4.70. The van der Waals surface area contributed by atoms with Crippen molar-refractivity contribution in [2.24, 2.45) is 5.73 Å². The first-order valence-electron chi connectivity index (χ1n) is 5.47. The molecule has 0 radical (unpaired) electrons. The summed E-state index contributed by atoms with van der Waals surface area (Å²) in [5.74, 6) is -0.218. The van der Waals surface area contributed by atoms with Crippen molar-refractivity contribution in [3.63, 3.8) is 0 Å². The van der Waals surface area contributed by atoms with E-state index in [-0.39, 0.29) is 19.0 Å². The number of halogens is 3. The lowest BCUT2D eigenvalue weighted by molar-refractivity contribution is -0.152. The Morgan fingerprint density at radius 2 is 1.65 bits per heavy atom. The van der Waals surface area contributed by atoms with Gasteiger partial charge in [0, 0.05) is 26.2 Å². The Bertz CT molecular complexity index is 278. The zero-order valence-electron chi connectivity index (χ0n) is 10.0. The number of hydrogen-bond donors (Lipinski definition) is 1. The van der Waals surface area contributed by atoms with Crippen molar-refractivity contribution < 1.29 is 18.0 Å². The molecule has 4 nitrogen and oxygen atoms in total. The van der Waals surface area contributed by atoms with Gasteiger partial charge in [-0.2, -0.15) is 13.2 Å². The van der Waals surface area contributed by atoms with Gasteiger partial charge >= 0.3 is 6.18 Å². The number of nitrogens with zero attached hydrogens (tertiary/aromatic N) is 2. The molecule has 0 saturated carbocycles. The fraction of sp³-hybridized carbons (Fsp3) is 0.900. The van der Waals surface area contributed by atoms with E-state index in [1.807, 2.05) is 0 Å². The molecule has 1 aliphatic heterocycles. The van der Waals surface area contributed by atoms with E-state index >= 15 is 0 Å². The van der Waals surface area contributed by atoms with Gasteiger partial charge in [0.15, 0.2) is 0 Å². The van der Waals surface area contributed by atoms with Crippen molar-refractivity contribution in [3.8, 4) is 0 Å². The van der Waals surface area contributed by atoms with Crippen LogP contribution in [0, 0.1) is 0 Å². The predicted molar refractivity (Wildman–Crippen MR) is 57.3 cm³/mol. The number of hydrogen-bond acceptors (Lipinski definition) is 3. The second kappa shape index (κ2) is 4.81. The first-order chi connectivity index (χ1) is 7.59. The van der Waals surface area contributed by atoms with Crippen molar-refractivity contribution >= 4 is 5.91 Å². The maximum absolute atomic E-state index is 12.1. The molecule has 0 spiro atoms. The highest BCUT2D eigenvalue weighted by Gasteiger charge is 2.34. The third-order valence-corrected chi connectivity index (χ3v) is 2.61. The molecule has 0 bridgehead atoms. The predicted octanol–water partition coefficient (Wildman–Crippen LogP) is 0.430. The van der Waals surface area contributed by atoms with Crippen LogP contribution in [0.5, 0.6) is 0 Å². The zero-order valence-corrected chi connectivity index (χ0v) is 10.0. The fourth-order valence-corrected chi connectivity index (χ4v) is 1.77. The van der Waals surface area contributed by atoms with Crippen LogP contribution < -0.4 is 5.73 Å². The van der Waals surface area contributed by atoms with Gasteiger partial charge in [-0.05, 0) is 13.8 Å². The molecule has 7 heteroatoms. The van der Waals surface area contributed by atoms with Gasteiger partial charge in [0.05, 0.1) is 12.1 Å². The van der Waals surface area contributed by atoms with Crippen LogP contribution in [0.15, 0.2) is 0 Å². The Labute approximate surface area is 98.5 Å². The maximum atomic E-state index is 12.1. The average Bonchev–Trinajstić information content (AvgIpc) is 2.14. The van der Waals surface area contributed by atoms with E-state index in [9.17, 15) is 18.0 Å². The summed E-state index contributed by atoms with van der Waals surface area (Å²) in [4.78, 5) is 14.6. The minimum absolute atomic E-state index is 0.218. The van der Waals surface area contributed by atoms with E-state index in [4.69, 9.17) is 5.73 Å². The Hall–Kier alpha value is -0.820. The summed E-state index contributed by atoms with van der Waals surface area (Å²) >= 11 is 0. The summed E-state index contributed by atoms with van der Waals surface area (Å²) in [6.07, 6.45) is -4.18. The van der Waals surface area contributed by atoms with E-state index in [2.05, 4.69) is 0 Å². The van der Waals surface area contributed by atoms with Gasteiger partial charge in [-0.1, -0.05) is 0 Å². The fourth-order valence-electron chi connectivity index (χ4n) is 1.77. The van der Waals surface area contributed by atoms with Gasteiger partial charge in [-0.15, -0.1) is 0 Å². The van der Waals surface area contributed by atoms with Gasteiger partial charge in [-0.3, -0.25) is 9.69 Å². The molecule has 1 heterocycles. The number of amides is 1. The number of carbonyl (C=O) groups is 1. The first-order valence-corrected chi connectivity index (χ1v) is 5.47. The molecule has 0 aromatic carbocycles. The molecule has 17 heavy (non-hydrogen) atoms. The largest absolute Gasteiger partial charge is 0.401 e. The van der Waals surface area contributed by atoms with E-state index in [1.165, 1.54) is 9.80 Å². The summed E-state index contributed by atoms with van der Waals surface area (Å²) in [6, 6.07) is 0. The highest BCUT2D eigenvalue weighted by atomic mass is 19.4. The molecule has 1 fully saturated rings. The molecule has 0 aromatic heterocycles. The summed E-state index contributed by atoms with van der Waals surface area (Å²) in [7, 11) is 0. The molecular formula is C10H18F3N3O. The molecule has 1 rings (SSSR count). The van der Waals surface area contributed by atoms with Crippen LogP contribution in [0.2, 0.25) is 0 Å². The Morgan fingerprint density at radius 3 is 2.00 bits per heavy atom. The lowest BCUT2D eigenvalue weighted by Gasteiger charge is -2.37. The maximum Gasteiger partial charge on any atom is 0.401 e. The average molecular weight is 253 g/mol. The third kappa shape index (κ3) is 4.51. The number of piperazine rings is 1. The molecule has 0 unspecified atom stereocenters. The van der Waals surface area contributed by atoms with Crippen LogP contribution in [0.4, 0.5) is 13.2 Å². The number of alkyl halides is 3. The second-order valence-corrected chi connectivity index (χ2v) is 4.91. The van der Waals surface area contributed by atoms with Gasteiger partial charge < -0.3 is 10.6 Å². The van der Waals surface area contributed by atoms with E-state index in [0.717, 1.165) is 0 Å². The Morgan fingerprint density at radius 1 is 1.18 bits per heavy atom. The van der Waals surface area contributed by atoms with E-state index in [1.54, 1.807) is 13.8 Å². The van der Waals surface area contributed by atoms with Gasteiger partial charge in [0.2, 0.25) is 5.91 Å². The molecule has 2 N–H and O–H groups in total. The number of rotatable bonds is 2. The van der Waals surface area contributed by atoms with E-state index < -0.39 is 18.3 Å². The van der Waals surface area contributed by atoms with Crippen LogP contribution in [-0.4, -0.2) is 60.1 Å². The number of nitrogens with two attached hydrogens (primary N) is 1. The van der Waals surface area contributed by atoms with Gasteiger partial charge in [0.1, 0.15) is 0 Å². The summed E-state index contributed by atoms with van der Waals surface area (Å²) in [5, 5.41) is 0. The third-order valence-electron chi connectivity index (χ3n) is 2.61. The molecule has 100 valence electrons. The molecule has 1 aliphatic rings. The second-order valence-electron chi connectivity index (χ2n) is 4.91. The zero-order chi connectivity index (χ0) is 13.3. The van der Waals surface area contributed by atoms with Crippen LogP contribution >= 0.6 is 0 Å². The SMILES string of the molecule is CC(C)(N)C(=O)N1CCN(CC(F)(F)F)CC1. The molecule has 1 saturated heterocycles. The first kappa shape index (κ1) is 14.2. The Balaban J connectivity index is 2.44. The standard InChI is InChI=1S/C10H18F3N3O/c1-9(2,14)8(17)16-5-3-15(4-6-16)7-10(11,12)13/h3-7,14H2,1-2H3. The monoisotopic (exact) mass is 253 g/mol. The molecule has 0 atom stereocenters. The van der Waals surface area contributed by atoms with Gasteiger partial charge in [0.25, 0.3) is 0 Å². The van der Waals surface area contributed by atoms with Crippen molar-refractivity contribution in [2.45, 2.75) is 25.6 Å².